The molecule has 0 radical (unpaired) electrons. The summed E-state index contributed by atoms with van der Waals surface area (Å²) >= 11 is 3.28. The van der Waals surface area contributed by atoms with Crippen LogP contribution in [0, 0.1) is 0 Å². The summed E-state index contributed by atoms with van der Waals surface area (Å²) in [6.07, 6.45) is 5.49. The minimum atomic E-state index is -0.188. The molecule has 1 aromatic heterocycles. The van der Waals surface area contributed by atoms with Crippen molar-refractivity contribution in [2.45, 2.75) is 31.3 Å². The standard InChI is InChI=1S/C11H15BrN4O/c12-10-9(5-13-15-11(10)17)14-7-3-4-16(6-7)8-1-2-8/h5,7-8H,1-4,6H2,(H2,14,15,17). The Kier molecular flexibility index (Phi) is 2.92. The van der Waals surface area contributed by atoms with E-state index in [0.29, 0.717) is 10.5 Å². The van der Waals surface area contributed by atoms with Crippen LogP contribution in [-0.2, 0) is 0 Å². The molecule has 2 fully saturated rings. The van der Waals surface area contributed by atoms with Crippen molar-refractivity contribution in [2.75, 3.05) is 18.4 Å². The van der Waals surface area contributed by atoms with E-state index in [1.54, 1.807) is 6.20 Å². The molecule has 1 aliphatic heterocycles. The van der Waals surface area contributed by atoms with Crippen LogP contribution in [0.15, 0.2) is 15.5 Å². The van der Waals surface area contributed by atoms with Crippen LogP contribution in [0.1, 0.15) is 19.3 Å². The molecule has 17 heavy (non-hydrogen) atoms. The first-order chi connectivity index (χ1) is 8.24. The number of likely N-dealkylation sites (tertiary alicyclic amines) is 1. The Morgan fingerprint density at radius 1 is 1.47 bits per heavy atom. The first kappa shape index (κ1) is 11.2. The minimum Gasteiger partial charge on any atom is -0.379 e. The van der Waals surface area contributed by atoms with E-state index < -0.39 is 0 Å². The average molecular weight is 299 g/mol. The van der Waals surface area contributed by atoms with Gasteiger partial charge in [0.25, 0.3) is 5.56 Å². The van der Waals surface area contributed by atoms with Gasteiger partial charge in [-0.1, -0.05) is 0 Å². The summed E-state index contributed by atoms with van der Waals surface area (Å²) in [4.78, 5) is 13.9. The Bertz CT molecular complexity index is 471. The molecule has 0 amide bonds. The van der Waals surface area contributed by atoms with Gasteiger partial charge < -0.3 is 5.32 Å². The van der Waals surface area contributed by atoms with Crippen LogP contribution in [0.2, 0.25) is 0 Å². The molecule has 2 N–H and O–H groups in total. The fourth-order valence-corrected chi connectivity index (χ4v) is 2.69. The van der Waals surface area contributed by atoms with Crippen molar-refractivity contribution in [1.29, 1.82) is 0 Å². The zero-order chi connectivity index (χ0) is 11.8. The fourth-order valence-electron chi connectivity index (χ4n) is 2.38. The van der Waals surface area contributed by atoms with Gasteiger partial charge in [-0.3, -0.25) is 9.69 Å². The predicted molar refractivity (Wildman–Crippen MR) is 69.2 cm³/mol. The molecule has 92 valence electrons. The van der Waals surface area contributed by atoms with E-state index in [4.69, 9.17) is 0 Å². The van der Waals surface area contributed by atoms with Crippen molar-refractivity contribution in [3.8, 4) is 0 Å². The number of aromatic nitrogens is 2. The number of nitrogens with zero attached hydrogens (tertiary/aromatic N) is 2. The van der Waals surface area contributed by atoms with Crippen molar-refractivity contribution in [3.63, 3.8) is 0 Å². The van der Waals surface area contributed by atoms with Crippen molar-refractivity contribution in [2.24, 2.45) is 0 Å². The lowest BCUT2D eigenvalue weighted by atomic mass is 10.2. The van der Waals surface area contributed by atoms with Crippen molar-refractivity contribution in [3.05, 3.63) is 21.0 Å². The van der Waals surface area contributed by atoms with Crippen LogP contribution in [0.4, 0.5) is 5.69 Å². The molecule has 1 aromatic rings. The van der Waals surface area contributed by atoms with Gasteiger partial charge in [0, 0.05) is 25.2 Å². The minimum absolute atomic E-state index is 0.188. The molecule has 1 saturated heterocycles. The Labute approximate surface area is 108 Å². The number of anilines is 1. The SMILES string of the molecule is O=c1[nH]ncc(NC2CCN(C3CC3)C2)c1Br. The number of hydrogen-bond acceptors (Lipinski definition) is 4. The molecule has 5 nitrogen and oxygen atoms in total. The molecule has 0 spiro atoms. The van der Waals surface area contributed by atoms with Crippen LogP contribution >= 0.6 is 15.9 Å². The highest BCUT2D eigenvalue weighted by Crippen LogP contribution is 2.30. The fraction of sp³-hybridized carbons (Fsp3) is 0.636. The van der Waals surface area contributed by atoms with E-state index in [-0.39, 0.29) is 5.56 Å². The van der Waals surface area contributed by atoms with Gasteiger partial charge in [-0.05, 0) is 35.2 Å². The van der Waals surface area contributed by atoms with Gasteiger partial charge in [0.2, 0.25) is 0 Å². The van der Waals surface area contributed by atoms with E-state index in [1.807, 2.05) is 0 Å². The van der Waals surface area contributed by atoms with Gasteiger partial charge in [0.1, 0.15) is 4.47 Å². The molecular weight excluding hydrogens is 284 g/mol. The molecule has 3 rings (SSSR count). The number of nitrogens with one attached hydrogen (secondary N) is 2. The smallest absolute Gasteiger partial charge is 0.280 e. The zero-order valence-electron chi connectivity index (χ0n) is 9.45. The molecule has 0 aromatic carbocycles. The van der Waals surface area contributed by atoms with Gasteiger partial charge in [-0.15, -0.1) is 0 Å². The van der Waals surface area contributed by atoms with Crippen LogP contribution in [0.5, 0.6) is 0 Å². The molecule has 1 atom stereocenters. The first-order valence-corrected chi connectivity index (χ1v) is 6.77. The van der Waals surface area contributed by atoms with E-state index in [2.05, 4.69) is 36.3 Å². The lowest BCUT2D eigenvalue weighted by Gasteiger charge is -2.16. The molecule has 2 aliphatic rings. The van der Waals surface area contributed by atoms with Gasteiger partial charge in [-0.2, -0.15) is 5.10 Å². The third-order valence-corrected chi connectivity index (χ3v) is 4.23. The van der Waals surface area contributed by atoms with Gasteiger partial charge >= 0.3 is 0 Å². The Hall–Kier alpha value is -0.880. The average Bonchev–Trinajstić information content (AvgIpc) is 3.06. The monoisotopic (exact) mass is 298 g/mol. The van der Waals surface area contributed by atoms with Gasteiger partial charge in [-0.25, -0.2) is 5.10 Å². The Balaban J connectivity index is 1.67. The topological polar surface area (TPSA) is 61.0 Å². The molecule has 1 aliphatic carbocycles. The van der Waals surface area contributed by atoms with Crippen LogP contribution in [-0.4, -0.2) is 40.3 Å². The van der Waals surface area contributed by atoms with Gasteiger partial charge in [0.15, 0.2) is 0 Å². The number of H-pyrrole nitrogens is 1. The quantitative estimate of drug-likeness (QED) is 0.880. The summed E-state index contributed by atoms with van der Waals surface area (Å²) in [6, 6.07) is 1.25. The highest BCUT2D eigenvalue weighted by Gasteiger charge is 2.34. The van der Waals surface area contributed by atoms with E-state index in [0.717, 1.165) is 31.2 Å². The molecular formula is C11H15BrN4O. The second kappa shape index (κ2) is 4.42. The number of hydrogen-bond donors (Lipinski definition) is 2. The van der Waals surface area contributed by atoms with Crippen LogP contribution in [0.25, 0.3) is 0 Å². The van der Waals surface area contributed by atoms with Crippen LogP contribution in [0.3, 0.4) is 0 Å². The summed E-state index contributed by atoms with van der Waals surface area (Å²) in [5, 5.41) is 9.60. The van der Waals surface area contributed by atoms with E-state index >= 15 is 0 Å². The lowest BCUT2D eigenvalue weighted by Crippen LogP contribution is -2.28. The third-order valence-electron chi connectivity index (χ3n) is 3.44. The Morgan fingerprint density at radius 3 is 3.06 bits per heavy atom. The maximum Gasteiger partial charge on any atom is 0.280 e. The molecule has 1 unspecified atom stereocenters. The molecule has 0 bridgehead atoms. The van der Waals surface area contributed by atoms with E-state index in [1.165, 1.54) is 12.8 Å². The van der Waals surface area contributed by atoms with Crippen LogP contribution < -0.4 is 10.9 Å². The number of rotatable bonds is 3. The lowest BCUT2D eigenvalue weighted by molar-refractivity contribution is 0.326. The van der Waals surface area contributed by atoms with E-state index in [9.17, 15) is 4.79 Å². The highest BCUT2D eigenvalue weighted by molar-refractivity contribution is 9.10. The van der Waals surface area contributed by atoms with Gasteiger partial charge in [0.05, 0.1) is 11.9 Å². The summed E-state index contributed by atoms with van der Waals surface area (Å²) < 4.78 is 0.539. The maximum absolute atomic E-state index is 11.4. The maximum atomic E-state index is 11.4. The number of halogens is 1. The first-order valence-electron chi connectivity index (χ1n) is 5.98. The third kappa shape index (κ3) is 2.37. The number of aromatic amines is 1. The normalized spacial score (nSPS) is 25.1. The highest BCUT2D eigenvalue weighted by atomic mass is 79.9. The summed E-state index contributed by atoms with van der Waals surface area (Å²) in [5.74, 6) is 0. The molecule has 6 heteroatoms. The van der Waals surface area contributed by atoms with Crippen molar-refractivity contribution < 1.29 is 0 Å². The second-order valence-corrected chi connectivity index (χ2v) is 5.58. The summed E-state index contributed by atoms with van der Waals surface area (Å²) in [6.45, 7) is 2.24. The van der Waals surface area contributed by atoms with Crippen molar-refractivity contribution in [1.82, 2.24) is 15.1 Å². The molecule has 1 saturated carbocycles. The second-order valence-electron chi connectivity index (χ2n) is 4.78. The summed E-state index contributed by atoms with van der Waals surface area (Å²) in [5.41, 5.74) is 0.600. The summed E-state index contributed by atoms with van der Waals surface area (Å²) in [7, 11) is 0. The Morgan fingerprint density at radius 2 is 2.29 bits per heavy atom. The predicted octanol–water partition coefficient (Wildman–Crippen LogP) is 1.18. The molecule has 2 heterocycles. The largest absolute Gasteiger partial charge is 0.379 e. The zero-order valence-corrected chi connectivity index (χ0v) is 11.0. The van der Waals surface area contributed by atoms with Crippen molar-refractivity contribution >= 4 is 21.6 Å².